The van der Waals surface area contributed by atoms with Gasteiger partial charge in [0.1, 0.15) is 5.75 Å². The Labute approximate surface area is 175 Å². The number of nitrogens with one attached hydrogen (secondary N) is 1. The first-order valence-corrected chi connectivity index (χ1v) is 10.4. The lowest BCUT2D eigenvalue weighted by atomic mass is 9.87. The zero-order chi connectivity index (χ0) is 21.4. The average Bonchev–Trinajstić information content (AvgIpc) is 2.68. The van der Waals surface area contributed by atoms with E-state index in [0.29, 0.717) is 11.2 Å². The molecule has 3 rings (SSSR count). The van der Waals surface area contributed by atoms with E-state index in [0.717, 1.165) is 29.3 Å². The zero-order valence-electron chi connectivity index (χ0n) is 18.8. The maximum absolute atomic E-state index is 11.3. The minimum absolute atomic E-state index is 0.0977. The van der Waals surface area contributed by atoms with Crippen molar-refractivity contribution >= 4 is 10.9 Å². The van der Waals surface area contributed by atoms with Crippen molar-refractivity contribution in [2.24, 2.45) is 5.41 Å². The summed E-state index contributed by atoms with van der Waals surface area (Å²) in [5, 5.41) is 1.02. The molecule has 0 saturated heterocycles. The van der Waals surface area contributed by atoms with Gasteiger partial charge in [-0.25, -0.2) is 0 Å². The molecule has 0 amide bonds. The molecule has 0 radical (unpaired) electrons. The topological polar surface area (TPSA) is 42.1 Å². The number of aromatic nitrogens is 1. The fourth-order valence-corrected chi connectivity index (χ4v) is 3.39. The van der Waals surface area contributed by atoms with E-state index in [1.807, 2.05) is 25.1 Å². The van der Waals surface area contributed by atoms with E-state index in [2.05, 4.69) is 57.0 Å². The van der Waals surface area contributed by atoms with Gasteiger partial charge in [-0.15, -0.1) is 0 Å². The Bertz CT molecular complexity index is 974. The molecule has 1 N–H and O–H groups in total. The Kier molecular flexibility index (Phi) is 8.07. The number of methoxy groups -OCH3 is 1. The summed E-state index contributed by atoms with van der Waals surface area (Å²) < 4.78 is 5.17. The van der Waals surface area contributed by atoms with Gasteiger partial charge in [-0.3, -0.25) is 4.79 Å². The number of ether oxygens (including phenoxy) is 1. The molecule has 1 aromatic heterocycles. The maximum Gasteiger partial charge on any atom is 0.248 e. The monoisotopic (exact) mass is 393 g/mol. The Balaban J connectivity index is 0.000000207. The van der Waals surface area contributed by atoms with Gasteiger partial charge in [-0.05, 0) is 63.5 Å². The molecular formula is C26H35NO2. The van der Waals surface area contributed by atoms with Crippen LogP contribution in [0.15, 0.2) is 64.5 Å². The number of rotatable bonds is 1. The first kappa shape index (κ1) is 22.7. The minimum atomic E-state index is -0.0977. The second-order valence-electron chi connectivity index (χ2n) is 8.64. The Morgan fingerprint density at radius 1 is 1.07 bits per heavy atom. The van der Waals surface area contributed by atoms with Crippen molar-refractivity contribution < 1.29 is 4.74 Å². The first-order valence-electron chi connectivity index (χ1n) is 10.4. The van der Waals surface area contributed by atoms with Crippen molar-refractivity contribution in [2.45, 2.75) is 60.3 Å². The van der Waals surface area contributed by atoms with Crippen LogP contribution in [0.4, 0.5) is 0 Å². The quantitative estimate of drug-likeness (QED) is 0.537. The van der Waals surface area contributed by atoms with Gasteiger partial charge >= 0.3 is 0 Å². The summed E-state index contributed by atoms with van der Waals surface area (Å²) in [6.45, 7) is 11.0. The number of hydrogen-bond acceptors (Lipinski definition) is 2. The summed E-state index contributed by atoms with van der Waals surface area (Å²) in [7, 11) is 1.59. The SMILES string of the molecule is CC1=CCCC(C)=CCC(C)(C)C=CC1.COc1cccc2c(C)cc(=O)[nH]c12. The van der Waals surface area contributed by atoms with Crippen LogP contribution in [0.1, 0.15) is 58.9 Å². The van der Waals surface area contributed by atoms with Crippen LogP contribution in [0.2, 0.25) is 0 Å². The molecule has 0 atom stereocenters. The van der Waals surface area contributed by atoms with Gasteiger partial charge in [0.15, 0.2) is 0 Å². The third kappa shape index (κ3) is 7.08. The molecule has 0 unspecified atom stereocenters. The van der Waals surface area contributed by atoms with Crippen molar-refractivity contribution in [3.05, 3.63) is 75.6 Å². The van der Waals surface area contributed by atoms with Crippen molar-refractivity contribution in [3.63, 3.8) is 0 Å². The predicted octanol–water partition coefficient (Wildman–Crippen LogP) is 6.88. The molecule has 1 aromatic carbocycles. The van der Waals surface area contributed by atoms with Gasteiger partial charge in [0, 0.05) is 11.5 Å². The number of fused-ring (bicyclic) bond motifs is 1. The highest BCUT2D eigenvalue weighted by molar-refractivity contribution is 5.86. The van der Waals surface area contributed by atoms with Crippen LogP contribution >= 0.6 is 0 Å². The second-order valence-corrected chi connectivity index (χ2v) is 8.64. The van der Waals surface area contributed by atoms with E-state index in [1.54, 1.807) is 13.2 Å². The van der Waals surface area contributed by atoms with Crippen molar-refractivity contribution in [2.75, 3.05) is 7.11 Å². The number of hydrogen-bond donors (Lipinski definition) is 1. The smallest absolute Gasteiger partial charge is 0.248 e. The lowest BCUT2D eigenvalue weighted by Crippen LogP contribution is -2.05. The van der Waals surface area contributed by atoms with E-state index in [1.165, 1.54) is 24.0 Å². The van der Waals surface area contributed by atoms with Crippen LogP contribution < -0.4 is 10.3 Å². The molecular weight excluding hydrogens is 358 g/mol. The van der Waals surface area contributed by atoms with Gasteiger partial charge in [-0.2, -0.15) is 0 Å². The number of aromatic amines is 1. The van der Waals surface area contributed by atoms with Crippen LogP contribution in [0, 0.1) is 12.3 Å². The van der Waals surface area contributed by atoms with Gasteiger partial charge in [0.2, 0.25) is 5.56 Å². The number of H-pyrrole nitrogens is 1. The molecule has 1 aliphatic carbocycles. The zero-order valence-corrected chi connectivity index (χ0v) is 18.8. The van der Waals surface area contributed by atoms with Crippen molar-refractivity contribution in [1.82, 2.24) is 4.98 Å². The normalized spacial score (nSPS) is 16.8. The predicted molar refractivity (Wildman–Crippen MR) is 125 cm³/mol. The Hall–Kier alpha value is -2.55. The molecule has 2 aromatic rings. The third-order valence-corrected chi connectivity index (χ3v) is 5.28. The molecule has 0 aliphatic heterocycles. The van der Waals surface area contributed by atoms with Crippen LogP contribution in [0.3, 0.4) is 0 Å². The highest BCUT2D eigenvalue weighted by atomic mass is 16.5. The molecule has 1 aliphatic rings. The molecule has 3 heteroatoms. The molecule has 0 saturated carbocycles. The summed E-state index contributed by atoms with van der Waals surface area (Å²) in [5.41, 5.74) is 4.97. The molecule has 0 spiro atoms. The third-order valence-electron chi connectivity index (χ3n) is 5.28. The van der Waals surface area contributed by atoms with Gasteiger partial charge in [0.25, 0.3) is 0 Å². The summed E-state index contributed by atoms with van der Waals surface area (Å²) in [6.07, 6.45) is 14.1. The number of benzene rings is 1. The van der Waals surface area contributed by atoms with Crippen LogP contribution in [-0.2, 0) is 0 Å². The number of para-hydroxylation sites is 1. The van der Waals surface area contributed by atoms with Crippen molar-refractivity contribution in [3.8, 4) is 5.75 Å². The molecule has 3 nitrogen and oxygen atoms in total. The molecule has 0 fully saturated rings. The van der Waals surface area contributed by atoms with E-state index >= 15 is 0 Å². The number of aryl methyl sites for hydroxylation is 1. The van der Waals surface area contributed by atoms with Crippen LogP contribution in [-0.4, -0.2) is 12.1 Å². The minimum Gasteiger partial charge on any atom is -0.495 e. The number of pyridine rings is 1. The standard InChI is InChI=1S/C15H24.C11H11NO2/c1-13-7-5-8-14(2)10-12-15(3,4)11-6-9-13;1-7-6-10(13)12-11-8(7)4-3-5-9(11)14-2/h6-7,10-11H,5,8-9,12H2,1-4H3;3-6H,1-2H3,(H,12,13). The largest absolute Gasteiger partial charge is 0.495 e. The molecule has 0 bridgehead atoms. The second kappa shape index (κ2) is 10.3. The van der Waals surface area contributed by atoms with Crippen LogP contribution in [0.25, 0.3) is 10.9 Å². The summed E-state index contributed by atoms with van der Waals surface area (Å²) >= 11 is 0. The maximum atomic E-state index is 11.3. The van der Waals surface area contributed by atoms with Crippen molar-refractivity contribution in [1.29, 1.82) is 0 Å². The molecule has 156 valence electrons. The lowest BCUT2D eigenvalue weighted by molar-refractivity contribution is 0.419. The summed E-state index contributed by atoms with van der Waals surface area (Å²) in [5.74, 6) is 0.698. The van der Waals surface area contributed by atoms with E-state index in [-0.39, 0.29) is 5.56 Å². The summed E-state index contributed by atoms with van der Waals surface area (Å²) in [4.78, 5) is 14.0. The lowest BCUT2D eigenvalue weighted by Gasteiger charge is -2.18. The number of allylic oxidation sites excluding steroid dienone is 6. The Morgan fingerprint density at radius 3 is 2.55 bits per heavy atom. The van der Waals surface area contributed by atoms with E-state index in [4.69, 9.17) is 4.74 Å². The Morgan fingerprint density at radius 2 is 1.83 bits per heavy atom. The molecule has 29 heavy (non-hydrogen) atoms. The first-order chi connectivity index (χ1) is 13.7. The van der Waals surface area contributed by atoms with Crippen LogP contribution in [0.5, 0.6) is 5.75 Å². The fourth-order valence-electron chi connectivity index (χ4n) is 3.39. The average molecular weight is 394 g/mol. The molecule has 1 heterocycles. The highest BCUT2D eigenvalue weighted by Crippen LogP contribution is 2.26. The van der Waals surface area contributed by atoms with Gasteiger partial charge in [0.05, 0.1) is 12.6 Å². The van der Waals surface area contributed by atoms with E-state index < -0.39 is 0 Å². The van der Waals surface area contributed by atoms with Gasteiger partial charge < -0.3 is 9.72 Å². The van der Waals surface area contributed by atoms with E-state index in [9.17, 15) is 4.79 Å². The van der Waals surface area contributed by atoms with Gasteiger partial charge in [-0.1, -0.05) is 61.4 Å². The highest BCUT2D eigenvalue weighted by Gasteiger charge is 2.11. The fraction of sp³-hybridized carbons (Fsp3) is 0.423. The summed E-state index contributed by atoms with van der Waals surface area (Å²) in [6, 6.07) is 7.29.